The first kappa shape index (κ1) is 21.4. The number of sulfonamides is 1. The fraction of sp³-hybridized carbons (Fsp3) is 0.500. The average molecular weight is 423 g/mol. The fourth-order valence-corrected chi connectivity index (χ4v) is 4.00. The van der Waals surface area contributed by atoms with Crippen LogP contribution in [0.5, 0.6) is 11.6 Å². The number of benzene rings is 1. The second-order valence-corrected chi connectivity index (χ2v) is 9.94. The molecule has 158 valence electrons. The predicted octanol–water partition coefficient (Wildman–Crippen LogP) is 3.71. The number of ether oxygens (including phenoxy) is 1. The topological polar surface area (TPSA) is 93.2 Å². The molecule has 0 saturated heterocycles. The van der Waals surface area contributed by atoms with E-state index in [4.69, 9.17) is 4.74 Å². The third kappa shape index (κ3) is 6.37. The van der Waals surface area contributed by atoms with Gasteiger partial charge in [0, 0.05) is 18.7 Å². The molecule has 1 aromatic carbocycles. The van der Waals surface area contributed by atoms with Gasteiger partial charge >= 0.3 is 0 Å². The summed E-state index contributed by atoms with van der Waals surface area (Å²) in [6, 6.07) is 9.50. The molecule has 7 nitrogen and oxygen atoms in total. The summed E-state index contributed by atoms with van der Waals surface area (Å²) in [5, 5.41) is 11.2. The van der Waals surface area contributed by atoms with Gasteiger partial charge in [0.1, 0.15) is 17.4 Å². The Kier molecular flexibility index (Phi) is 7.02. The molecule has 0 bridgehead atoms. The highest BCUT2D eigenvalue weighted by Crippen LogP contribution is 2.26. The van der Waals surface area contributed by atoms with E-state index in [1.807, 2.05) is 0 Å². The van der Waals surface area contributed by atoms with Crippen molar-refractivity contribution in [1.82, 2.24) is 14.9 Å². The molecule has 1 saturated carbocycles. The van der Waals surface area contributed by atoms with Crippen LogP contribution in [0.3, 0.4) is 0 Å². The van der Waals surface area contributed by atoms with E-state index in [0.717, 1.165) is 25.7 Å². The largest absolute Gasteiger partial charge is 0.438 e. The van der Waals surface area contributed by atoms with Crippen LogP contribution in [0.2, 0.25) is 0 Å². The molecule has 0 atom stereocenters. The molecule has 2 N–H and O–H groups in total. The van der Waals surface area contributed by atoms with Crippen LogP contribution in [0.15, 0.2) is 36.4 Å². The number of hydrogen-bond acceptors (Lipinski definition) is 6. The van der Waals surface area contributed by atoms with Crippen molar-refractivity contribution in [3.05, 3.63) is 42.2 Å². The molecule has 0 aliphatic heterocycles. The van der Waals surface area contributed by atoms with Gasteiger partial charge in [-0.25, -0.2) is 17.5 Å². The van der Waals surface area contributed by atoms with Gasteiger partial charge in [-0.3, -0.25) is 0 Å². The maximum atomic E-state index is 12.9. The number of nitrogens with one attached hydrogen (secondary N) is 2. The summed E-state index contributed by atoms with van der Waals surface area (Å²) >= 11 is 0. The van der Waals surface area contributed by atoms with E-state index in [-0.39, 0.29) is 11.9 Å². The van der Waals surface area contributed by atoms with E-state index in [9.17, 15) is 12.8 Å². The van der Waals surface area contributed by atoms with Gasteiger partial charge in [0.2, 0.25) is 15.9 Å². The number of hydrogen-bond donors (Lipinski definition) is 2. The van der Waals surface area contributed by atoms with Gasteiger partial charge in [-0.05, 0) is 75.8 Å². The van der Waals surface area contributed by atoms with Gasteiger partial charge < -0.3 is 10.1 Å². The minimum Gasteiger partial charge on any atom is -0.438 e. The Labute approximate surface area is 171 Å². The van der Waals surface area contributed by atoms with E-state index >= 15 is 0 Å². The van der Waals surface area contributed by atoms with E-state index in [1.165, 1.54) is 24.3 Å². The van der Waals surface area contributed by atoms with Crippen molar-refractivity contribution in [3.63, 3.8) is 0 Å². The molecule has 0 unspecified atom stereocenters. The van der Waals surface area contributed by atoms with Crippen molar-refractivity contribution in [2.24, 2.45) is 5.92 Å². The lowest BCUT2D eigenvalue weighted by atomic mass is 9.86. The zero-order chi connectivity index (χ0) is 20.9. The second kappa shape index (κ2) is 9.49. The summed E-state index contributed by atoms with van der Waals surface area (Å²) in [5.74, 6) is 1.53. The molecule has 3 rings (SSSR count). The summed E-state index contributed by atoms with van der Waals surface area (Å²) in [5.41, 5.74) is 0. The molecule has 0 spiro atoms. The first-order valence-electron chi connectivity index (χ1n) is 9.84. The van der Waals surface area contributed by atoms with Crippen LogP contribution in [-0.2, 0) is 10.0 Å². The molecule has 29 heavy (non-hydrogen) atoms. The number of halogens is 1. The SMILES string of the molecule is CC(C)S(=O)(=O)NC[C@H]1CC[C@H](Nc2ccc(Oc3ccc(F)cc3)nn2)CC1. The highest BCUT2D eigenvalue weighted by Gasteiger charge is 2.24. The standard InChI is InChI=1S/C20H27FN4O3S/c1-14(2)29(26,27)22-13-15-3-7-17(8-4-15)23-19-11-12-20(25-24-19)28-18-9-5-16(21)6-10-18/h5-6,9-12,14-15,17,22H,3-4,7-8,13H2,1-2H3,(H,23,24)/t15-,17-. The number of rotatable bonds is 8. The Bertz CT molecular complexity index is 881. The van der Waals surface area contributed by atoms with E-state index < -0.39 is 15.3 Å². The first-order valence-corrected chi connectivity index (χ1v) is 11.4. The molecule has 0 amide bonds. The summed E-state index contributed by atoms with van der Waals surface area (Å²) in [4.78, 5) is 0. The van der Waals surface area contributed by atoms with Gasteiger partial charge in [-0.2, -0.15) is 0 Å². The number of anilines is 1. The van der Waals surface area contributed by atoms with Gasteiger partial charge in [-0.1, -0.05) is 0 Å². The van der Waals surface area contributed by atoms with Crippen LogP contribution < -0.4 is 14.8 Å². The van der Waals surface area contributed by atoms with Gasteiger partial charge in [0.15, 0.2) is 0 Å². The molecule has 9 heteroatoms. The molecule has 2 aromatic rings. The van der Waals surface area contributed by atoms with Crippen molar-refractivity contribution in [1.29, 1.82) is 0 Å². The van der Waals surface area contributed by atoms with Crippen LogP contribution in [0.25, 0.3) is 0 Å². The third-order valence-electron chi connectivity index (χ3n) is 5.07. The lowest BCUT2D eigenvalue weighted by Crippen LogP contribution is -2.37. The summed E-state index contributed by atoms with van der Waals surface area (Å²) in [7, 11) is -3.20. The number of nitrogens with zero attached hydrogens (tertiary/aromatic N) is 2. The summed E-state index contributed by atoms with van der Waals surface area (Å²) in [6.07, 6.45) is 3.81. The van der Waals surface area contributed by atoms with Crippen LogP contribution in [-0.4, -0.2) is 36.5 Å². The molecule has 1 aliphatic rings. The van der Waals surface area contributed by atoms with E-state index in [2.05, 4.69) is 20.2 Å². The Balaban J connectivity index is 1.44. The van der Waals surface area contributed by atoms with E-state index in [0.29, 0.717) is 29.9 Å². The summed E-state index contributed by atoms with van der Waals surface area (Å²) in [6.45, 7) is 3.86. The monoisotopic (exact) mass is 422 g/mol. The molecule has 1 aromatic heterocycles. The zero-order valence-electron chi connectivity index (χ0n) is 16.6. The quantitative estimate of drug-likeness (QED) is 0.674. The summed E-state index contributed by atoms with van der Waals surface area (Å²) < 4.78 is 44.9. The molecule has 1 heterocycles. The highest BCUT2D eigenvalue weighted by atomic mass is 32.2. The van der Waals surface area contributed by atoms with Crippen LogP contribution in [0, 0.1) is 11.7 Å². The first-order chi connectivity index (χ1) is 13.8. The van der Waals surface area contributed by atoms with Gasteiger partial charge in [0.05, 0.1) is 5.25 Å². The lowest BCUT2D eigenvalue weighted by Gasteiger charge is -2.29. The Morgan fingerprint density at radius 3 is 2.34 bits per heavy atom. The maximum Gasteiger partial charge on any atom is 0.238 e. The van der Waals surface area contributed by atoms with Crippen LogP contribution >= 0.6 is 0 Å². The molecule has 1 aliphatic carbocycles. The molecular formula is C20H27FN4O3S. The zero-order valence-corrected chi connectivity index (χ0v) is 17.5. The van der Waals surface area contributed by atoms with Crippen molar-refractivity contribution < 1.29 is 17.5 Å². The van der Waals surface area contributed by atoms with Crippen molar-refractivity contribution >= 4 is 15.8 Å². The van der Waals surface area contributed by atoms with Crippen molar-refractivity contribution in [2.45, 2.75) is 50.8 Å². The third-order valence-corrected chi connectivity index (χ3v) is 6.88. The Morgan fingerprint density at radius 1 is 1.07 bits per heavy atom. The minimum atomic E-state index is -3.20. The number of aromatic nitrogens is 2. The van der Waals surface area contributed by atoms with Crippen LogP contribution in [0.1, 0.15) is 39.5 Å². The van der Waals surface area contributed by atoms with Gasteiger partial charge in [0.25, 0.3) is 0 Å². The molecular weight excluding hydrogens is 395 g/mol. The minimum absolute atomic E-state index is 0.283. The lowest BCUT2D eigenvalue weighted by molar-refractivity contribution is 0.336. The highest BCUT2D eigenvalue weighted by molar-refractivity contribution is 7.90. The van der Waals surface area contributed by atoms with Crippen molar-refractivity contribution in [2.75, 3.05) is 11.9 Å². The van der Waals surface area contributed by atoms with E-state index in [1.54, 1.807) is 26.0 Å². The maximum absolute atomic E-state index is 12.9. The average Bonchev–Trinajstić information content (AvgIpc) is 2.70. The van der Waals surface area contributed by atoms with Gasteiger partial charge in [-0.15, -0.1) is 10.2 Å². The predicted molar refractivity (Wildman–Crippen MR) is 110 cm³/mol. The van der Waals surface area contributed by atoms with Crippen LogP contribution in [0.4, 0.5) is 10.2 Å². The second-order valence-electron chi connectivity index (χ2n) is 7.62. The molecule has 1 fully saturated rings. The normalized spacial score (nSPS) is 19.9. The smallest absolute Gasteiger partial charge is 0.238 e. The Hall–Kier alpha value is -2.26. The fourth-order valence-electron chi connectivity index (χ4n) is 3.20. The Morgan fingerprint density at radius 2 is 1.76 bits per heavy atom. The van der Waals surface area contributed by atoms with Crippen molar-refractivity contribution in [3.8, 4) is 11.6 Å². The molecule has 0 radical (unpaired) electrons.